The smallest absolute Gasteiger partial charge is 0.162 e. The fourth-order valence-electron chi connectivity index (χ4n) is 2.51. The summed E-state index contributed by atoms with van der Waals surface area (Å²) >= 11 is 0. The van der Waals surface area contributed by atoms with E-state index in [1.165, 1.54) is 0 Å². The molecule has 3 nitrogen and oxygen atoms in total. The molecule has 3 heteroatoms. The van der Waals surface area contributed by atoms with Crippen LogP contribution in [0.3, 0.4) is 0 Å². The van der Waals surface area contributed by atoms with Crippen molar-refractivity contribution in [1.29, 1.82) is 0 Å². The van der Waals surface area contributed by atoms with E-state index >= 15 is 0 Å². The minimum atomic E-state index is 0.0154. The Balaban J connectivity index is 4.88. The highest BCUT2D eigenvalue weighted by atomic mass is 16.1. The molecule has 0 bridgehead atoms. The van der Waals surface area contributed by atoms with Crippen molar-refractivity contribution in [3.63, 3.8) is 0 Å². The zero-order valence-corrected chi connectivity index (χ0v) is 19.5. The van der Waals surface area contributed by atoms with Crippen molar-refractivity contribution in [2.45, 2.75) is 61.3 Å². The van der Waals surface area contributed by atoms with Gasteiger partial charge in [0.25, 0.3) is 0 Å². The number of rotatable bonds is 12. The lowest BCUT2D eigenvalue weighted by Gasteiger charge is -2.24. The minimum Gasteiger partial charge on any atom is -0.386 e. The highest BCUT2D eigenvalue weighted by molar-refractivity contribution is 5.97. The standard InChI is InChI=1S/C26H40N2O/c1-10-14-23(16-15-22(11-2)25(29)13-4)20(5)19-27-17-18-28-24(12-3)21(6)26(7,8)9/h11-12,14-18,27-28H,5-6,10,13,19H2,1-4,7-9H3/b16-15-,18-17+,22-11?,23-14+,24-12+. The van der Waals surface area contributed by atoms with E-state index in [-0.39, 0.29) is 11.2 Å². The first-order chi connectivity index (χ1) is 13.6. The third-order valence-corrected chi connectivity index (χ3v) is 4.50. The SMILES string of the molecule is C=C(CN/C=C/N/C(=C/C)C(=C)C(C)(C)C)C(/C=C\C(=CC)C(=O)CC)=C/CC. The fraction of sp³-hybridized carbons (Fsp3) is 0.423. The van der Waals surface area contributed by atoms with Gasteiger partial charge in [0.15, 0.2) is 5.78 Å². The minimum absolute atomic E-state index is 0.0154. The van der Waals surface area contributed by atoms with Gasteiger partial charge in [-0.25, -0.2) is 0 Å². The van der Waals surface area contributed by atoms with Gasteiger partial charge in [-0.3, -0.25) is 4.79 Å². The largest absolute Gasteiger partial charge is 0.386 e. The first-order valence-electron chi connectivity index (χ1n) is 10.4. The molecule has 0 aromatic rings. The molecule has 0 radical (unpaired) electrons. The molecule has 0 aromatic heterocycles. The number of allylic oxidation sites excluding steroid dienone is 7. The third kappa shape index (κ3) is 9.98. The summed E-state index contributed by atoms with van der Waals surface area (Å²) < 4.78 is 0. The van der Waals surface area contributed by atoms with Crippen molar-refractivity contribution in [2.24, 2.45) is 5.41 Å². The Labute approximate surface area is 178 Å². The number of carbonyl (C=O) groups is 1. The molecular formula is C26H40N2O. The first kappa shape index (κ1) is 26.4. The molecule has 0 amide bonds. The van der Waals surface area contributed by atoms with E-state index in [2.05, 4.69) is 57.6 Å². The number of carbonyl (C=O) groups excluding carboxylic acids is 1. The van der Waals surface area contributed by atoms with Gasteiger partial charge in [-0.1, -0.05) is 78.2 Å². The molecule has 160 valence electrons. The van der Waals surface area contributed by atoms with Crippen LogP contribution in [0.1, 0.15) is 61.3 Å². The Morgan fingerprint density at radius 2 is 1.59 bits per heavy atom. The summed E-state index contributed by atoms with van der Waals surface area (Å²) in [5.41, 5.74) is 4.84. The second-order valence-electron chi connectivity index (χ2n) is 7.81. The number of Topliss-reactive ketones (excluding diaryl/α,β-unsaturated/α-hetero) is 1. The van der Waals surface area contributed by atoms with Gasteiger partial charge in [0, 0.05) is 36.6 Å². The van der Waals surface area contributed by atoms with Crippen molar-refractivity contribution in [1.82, 2.24) is 10.6 Å². The van der Waals surface area contributed by atoms with Crippen LogP contribution in [0.5, 0.6) is 0 Å². The molecule has 0 rings (SSSR count). The Kier molecular flexibility index (Phi) is 12.4. The van der Waals surface area contributed by atoms with Crippen LogP contribution >= 0.6 is 0 Å². The topological polar surface area (TPSA) is 41.1 Å². The summed E-state index contributed by atoms with van der Waals surface area (Å²) in [6, 6.07) is 0. The van der Waals surface area contributed by atoms with E-state index in [0.29, 0.717) is 13.0 Å². The molecule has 0 saturated carbocycles. The molecule has 0 aliphatic heterocycles. The number of hydrogen-bond donors (Lipinski definition) is 2. The lowest BCUT2D eigenvalue weighted by molar-refractivity contribution is -0.115. The van der Waals surface area contributed by atoms with Crippen molar-refractivity contribution >= 4 is 5.78 Å². The molecular weight excluding hydrogens is 356 g/mol. The van der Waals surface area contributed by atoms with Crippen LogP contribution in [-0.4, -0.2) is 12.3 Å². The molecule has 0 saturated heterocycles. The van der Waals surface area contributed by atoms with Crippen LogP contribution in [-0.2, 0) is 4.79 Å². The van der Waals surface area contributed by atoms with Crippen LogP contribution in [0.25, 0.3) is 0 Å². The first-order valence-corrected chi connectivity index (χ1v) is 10.4. The maximum atomic E-state index is 11.9. The zero-order chi connectivity index (χ0) is 22.4. The lowest BCUT2D eigenvalue weighted by Crippen LogP contribution is -2.18. The summed E-state index contributed by atoms with van der Waals surface area (Å²) in [5.74, 6) is 0.147. The summed E-state index contributed by atoms with van der Waals surface area (Å²) in [7, 11) is 0. The van der Waals surface area contributed by atoms with Crippen LogP contribution in [0, 0.1) is 5.41 Å². The molecule has 29 heavy (non-hydrogen) atoms. The highest BCUT2D eigenvalue weighted by Gasteiger charge is 2.17. The van der Waals surface area contributed by atoms with Crippen molar-refractivity contribution in [2.75, 3.05) is 6.54 Å². The second-order valence-corrected chi connectivity index (χ2v) is 7.81. The van der Waals surface area contributed by atoms with E-state index in [1.807, 2.05) is 57.5 Å². The van der Waals surface area contributed by atoms with Gasteiger partial charge in [-0.2, -0.15) is 0 Å². The fourth-order valence-corrected chi connectivity index (χ4v) is 2.51. The van der Waals surface area contributed by atoms with Crippen molar-refractivity contribution in [3.05, 3.63) is 83.9 Å². The van der Waals surface area contributed by atoms with Crippen molar-refractivity contribution in [3.8, 4) is 0 Å². The average molecular weight is 397 g/mol. The molecule has 0 atom stereocenters. The Morgan fingerprint density at radius 1 is 0.966 bits per heavy atom. The van der Waals surface area contributed by atoms with Crippen LogP contribution in [0.4, 0.5) is 0 Å². The number of nitrogens with one attached hydrogen (secondary N) is 2. The van der Waals surface area contributed by atoms with Gasteiger partial charge in [0.05, 0.1) is 0 Å². The van der Waals surface area contributed by atoms with Gasteiger partial charge in [0.1, 0.15) is 0 Å². The molecule has 0 aliphatic rings. The monoisotopic (exact) mass is 396 g/mol. The molecule has 0 aliphatic carbocycles. The molecule has 2 N–H and O–H groups in total. The van der Waals surface area contributed by atoms with Crippen LogP contribution in [0.15, 0.2) is 83.9 Å². The predicted molar refractivity (Wildman–Crippen MR) is 128 cm³/mol. The van der Waals surface area contributed by atoms with Gasteiger partial charge >= 0.3 is 0 Å². The third-order valence-electron chi connectivity index (χ3n) is 4.50. The number of ketones is 1. The van der Waals surface area contributed by atoms with E-state index < -0.39 is 0 Å². The predicted octanol–water partition coefficient (Wildman–Crippen LogP) is 6.52. The number of hydrogen-bond acceptors (Lipinski definition) is 3. The Morgan fingerprint density at radius 3 is 2.07 bits per heavy atom. The normalized spacial score (nSPS) is 13.8. The van der Waals surface area contributed by atoms with E-state index in [4.69, 9.17) is 0 Å². The van der Waals surface area contributed by atoms with Crippen LogP contribution < -0.4 is 10.6 Å². The maximum absolute atomic E-state index is 11.9. The van der Waals surface area contributed by atoms with Gasteiger partial charge in [-0.05, 0) is 42.4 Å². The van der Waals surface area contributed by atoms with E-state index in [1.54, 1.807) is 0 Å². The summed E-state index contributed by atoms with van der Waals surface area (Å²) in [4.78, 5) is 11.9. The van der Waals surface area contributed by atoms with E-state index in [0.717, 1.165) is 34.4 Å². The molecule has 0 fully saturated rings. The second kappa shape index (κ2) is 13.6. The van der Waals surface area contributed by atoms with Crippen LogP contribution in [0.2, 0.25) is 0 Å². The van der Waals surface area contributed by atoms with Gasteiger partial charge in [-0.15, -0.1) is 0 Å². The highest BCUT2D eigenvalue weighted by Crippen LogP contribution is 2.28. The molecule has 0 unspecified atom stereocenters. The van der Waals surface area contributed by atoms with Crippen molar-refractivity contribution < 1.29 is 4.79 Å². The lowest BCUT2D eigenvalue weighted by atomic mass is 9.85. The Hall–Kier alpha value is -2.55. The molecule has 0 spiro atoms. The summed E-state index contributed by atoms with van der Waals surface area (Å²) in [6.07, 6.45) is 15.0. The average Bonchev–Trinajstić information content (AvgIpc) is 2.68. The summed E-state index contributed by atoms with van der Waals surface area (Å²) in [5, 5.41) is 6.55. The van der Waals surface area contributed by atoms with Gasteiger partial charge < -0.3 is 10.6 Å². The van der Waals surface area contributed by atoms with E-state index in [9.17, 15) is 4.79 Å². The summed E-state index contributed by atoms with van der Waals surface area (Å²) in [6.45, 7) is 23.3. The quantitative estimate of drug-likeness (QED) is 0.291. The zero-order valence-electron chi connectivity index (χ0n) is 19.5. The molecule has 0 heterocycles. The maximum Gasteiger partial charge on any atom is 0.162 e. The molecule has 0 aromatic carbocycles. The Bertz CT molecular complexity index is 722. The van der Waals surface area contributed by atoms with Gasteiger partial charge in [0.2, 0.25) is 0 Å².